The van der Waals surface area contributed by atoms with E-state index < -0.39 is 0 Å². The first kappa shape index (κ1) is 14.4. The van der Waals surface area contributed by atoms with Gasteiger partial charge in [0, 0.05) is 37.9 Å². The Morgan fingerprint density at radius 2 is 2.04 bits per heavy atom. The van der Waals surface area contributed by atoms with Crippen molar-refractivity contribution in [2.45, 2.75) is 51.2 Å². The standard InChI is InChI=1S/C18H24N6/c1-22(10-14-9-15-5-3-7-24(15)21-14)16-11-23(12-16)18-8-13-4-2-6-17(13)19-20-18/h8-9,16H,2-7,10-12H2,1H3. The number of rotatable bonds is 4. The first-order valence-corrected chi connectivity index (χ1v) is 9.12. The maximum atomic E-state index is 4.73. The molecule has 0 bridgehead atoms. The molecule has 0 amide bonds. The number of nitrogens with zero attached hydrogens (tertiary/aromatic N) is 6. The molecular formula is C18H24N6. The third kappa shape index (κ3) is 2.40. The van der Waals surface area contributed by atoms with Gasteiger partial charge in [0.25, 0.3) is 0 Å². The summed E-state index contributed by atoms with van der Waals surface area (Å²) in [5.74, 6) is 1.06. The Labute approximate surface area is 142 Å². The predicted molar refractivity (Wildman–Crippen MR) is 92.1 cm³/mol. The summed E-state index contributed by atoms with van der Waals surface area (Å²) in [6.07, 6.45) is 5.93. The fraction of sp³-hybridized carbons (Fsp3) is 0.611. The second kappa shape index (κ2) is 5.55. The molecule has 4 heterocycles. The minimum absolute atomic E-state index is 0.580. The highest BCUT2D eigenvalue weighted by Crippen LogP contribution is 2.27. The van der Waals surface area contributed by atoms with E-state index in [9.17, 15) is 0 Å². The largest absolute Gasteiger partial charge is 0.352 e. The Hall–Kier alpha value is -1.95. The SMILES string of the molecule is CN(Cc1cc2n(n1)CCC2)C1CN(c2cc3c(nn2)CCC3)C1. The van der Waals surface area contributed by atoms with Crippen molar-refractivity contribution >= 4 is 5.82 Å². The molecule has 6 nitrogen and oxygen atoms in total. The van der Waals surface area contributed by atoms with Gasteiger partial charge in [-0.2, -0.15) is 10.2 Å². The molecule has 2 aromatic heterocycles. The second-order valence-electron chi connectivity index (χ2n) is 7.46. The van der Waals surface area contributed by atoms with Crippen LogP contribution < -0.4 is 4.90 Å². The molecule has 3 aliphatic rings. The van der Waals surface area contributed by atoms with E-state index in [0.717, 1.165) is 38.4 Å². The van der Waals surface area contributed by atoms with Crippen LogP contribution in [0.4, 0.5) is 5.82 Å². The van der Waals surface area contributed by atoms with Crippen molar-refractivity contribution in [1.82, 2.24) is 24.9 Å². The van der Waals surface area contributed by atoms with Gasteiger partial charge in [0.2, 0.25) is 0 Å². The Morgan fingerprint density at radius 3 is 2.92 bits per heavy atom. The van der Waals surface area contributed by atoms with E-state index in [1.54, 1.807) is 0 Å². The number of anilines is 1. The second-order valence-corrected chi connectivity index (χ2v) is 7.46. The maximum absolute atomic E-state index is 4.73. The minimum Gasteiger partial charge on any atom is -0.352 e. The molecule has 0 saturated carbocycles. The summed E-state index contributed by atoms with van der Waals surface area (Å²) in [5, 5.41) is 13.6. The minimum atomic E-state index is 0.580. The Kier molecular flexibility index (Phi) is 3.33. The molecule has 6 heteroatoms. The molecule has 0 N–H and O–H groups in total. The number of hydrogen-bond acceptors (Lipinski definition) is 5. The van der Waals surface area contributed by atoms with Gasteiger partial charge in [-0.15, -0.1) is 5.10 Å². The third-order valence-corrected chi connectivity index (χ3v) is 5.74. The van der Waals surface area contributed by atoms with Gasteiger partial charge in [-0.05, 0) is 56.8 Å². The zero-order chi connectivity index (χ0) is 16.1. The molecule has 1 saturated heterocycles. The zero-order valence-electron chi connectivity index (χ0n) is 14.3. The lowest BCUT2D eigenvalue weighted by Crippen LogP contribution is -2.58. The topological polar surface area (TPSA) is 50.1 Å². The molecule has 1 aliphatic carbocycles. The molecule has 2 aliphatic heterocycles. The first-order chi connectivity index (χ1) is 11.8. The maximum Gasteiger partial charge on any atom is 0.151 e. The van der Waals surface area contributed by atoms with Crippen LogP contribution in [0.1, 0.15) is 35.5 Å². The van der Waals surface area contributed by atoms with Crippen LogP contribution in [0.15, 0.2) is 12.1 Å². The van der Waals surface area contributed by atoms with Crippen molar-refractivity contribution < 1.29 is 0 Å². The van der Waals surface area contributed by atoms with Crippen molar-refractivity contribution in [2.75, 3.05) is 25.0 Å². The molecule has 126 valence electrons. The average Bonchev–Trinajstić information content (AvgIpc) is 3.19. The first-order valence-electron chi connectivity index (χ1n) is 9.12. The van der Waals surface area contributed by atoms with E-state index >= 15 is 0 Å². The molecule has 0 unspecified atom stereocenters. The van der Waals surface area contributed by atoms with Crippen molar-refractivity contribution in [3.05, 3.63) is 34.8 Å². The number of fused-ring (bicyclic) bond motifs is 2. The van der Waals surface area contributed by atoms with Gasteiger partial charge in [0.15, 0.2) is 5.82 Å². The van der Waals surface area contributed by atoms with E-state index in [2.05, 4.69) is 43.9 Å². The van der Waals surface area contributed by atoms with Crippen molar-refractivity contribution in [1.29, 1.82) is 0 Å². The molecule has 1 fully saturated rings. The fourth-order valence-corrected chi connectivity index (χ4v) is 4.17. The third-order valence-electron chi connectivity index (χ3n) is 5.74. The number of aromatic nitrogens is 4. The monoisotopic (exact) mass is 324 g/mol. The summed E-state index contributed by atoms with van der Waals surface area (Å²) in [7, 11) is 2.21. The lowest BCUT2D eigenvalue weighted by molar-refractivity contribution is 0.194. The lowest BCUT2D eigenvalue weighted by atomic mass is 10.1. The average molecular weight is 324 g/mol. The van der Waals surface area contributed by atoms with Gasteiger partial charge in [-0.1, -0.05) is 0 Å². The fourth-order valence-electron chi connectivity index (χ4n) is 4.17. The number of hydrogen-bond donors (Lipinski definition) is 0. The summed E-state index contributed by atoms with van der Waals surface area (Å²) in [5.41, 5.74) is 5.23. The van der Waals surface area contributed by atoms with Crippen LogP contribution in [-0.2, 0) is 32.4 Å². The lowest BCUT2D eigenvalue weighted by Gasteiger charge is -2.44. The summed E-state index contributed by atoms with van der Waals surface area (Å²) >= 11 is 0. The Bertz CT molecular complexity index is 739. The smallest absolute Gasteiger partial charge is 0.151 e. The molecule has 2 aromatic rings. The van der Waals surface area contributed by atoms with Crippen LogP contribution in [0, 0.1) is 0 Å². The molecule has 5 rings (SSSR count). The molecule has 24 heavy (non-hydrogen) atoms. The van der Waals surface area contributed by atoms with Crippen LogP contribution in [0.5, 0.6) is 0 Å². The van der Waals surface area contributed by atoms with E-state index in [1.165, 1.54) is 48.3 Å². The van der Waals surface area contributed by atoms with Gasteiger partial charge >= 0.3 is 0 Å². The summed E-state index contributed by atoms with van der Waals surface area (Å²) in [4.78, 5) is 4.77. The Morgan fingerprint density at radius 1 is 1.12 bits per heavy atom. The zero-order valence-corrected chi connectivity index (χ0v) is 14.3. The van der Waals surface area contributed by atoms with E-state index in [1.807, 2.05) is 0 Å². The molecular weight excluding hydrogens is 300 g/mol. The van der Waals surface area contributed by atoms with Crippen LogP contribution in [0.3, 0.4) is 0 Å². The normalized spacial score (nSPS) is 19.7. The predicted octanol–water partition coefficient (Wildman–Crippen LogP) is 1.43. The molecule has 0 radical (unpaired) electrons. The quantitative estimate of drug-likeness (QED) is 0.851. The number of aryl methyl sites for hydroxylation is 4. The van der Waals surface area contributed by atoms with Gasteiger partial charge in [-0.25, -0.2) is 0 Å². The van der Waals surface area contributed by atoms with Gasteiger partial charge in [0.05, 0.1) is 11.4 Å². The van der Waals surface area contributed by atoms with E-state index in [4.69, 9.17) is 5.10 Å². The van der Waals surface area contributed by atoms with Gasteiger partial charge < -0.3 is 4.90 Å². The van der Waals surface area contributed by atoms with Gasteiger partial charge in [-0.3, -0.25) is 9.58 Å². The van der Waals surface area contributed by atoms with Crippen LogP contribution >= 0.6 is 0 Å². The highest BCUT2D eigenvalue weighted by molar-refractivity contribution is 5.45. The molecule has 0 spiro atoms. The number of likely N-dealkylation sites (N-methyl/N-ethyl adjacent to an activating group) is 1. The molecule has 0 atom stereocenters. The van der Waals surface area contributed by atoms with Crippen molar-refractivity contribution in [3.8, 4) is 0 Å². The van der Waals surface area contributed by atoms with Crippen LogP contribution in [-0.4, -0.2) is 51.1 Å². The van der Waals surface area contributed by atoms with Crippen LogP contribution in [0.25, 0.3) is 0 Å². The highest BCUT2D eigenvalue weighted by Gasteiger charge is 2.32. The molecule has 0 aromatic carbocycles. The van der Waals surface area contributed by atoms with Crippen molar-refractivity contribution in [3.63, 3.8) is 0 Å². The summed E-state index contributed by atoms with van der Waals surface area (Å²) in [6.45, 7) is 4.11. The van der Waals surface area contributed by atoms with Crippen LogP contribution in [0.2, 0.25) is 0 Å². The van der Waals surface area contributed by atoms with Gasteiger partial charge in [0.1, 0.15) is 0 Å². The van der Waals surface area contributed by atoms with Crippen molar-refractivity contribution in [2.24, 2.45) is 0 Å². The summed E-state index contributed by atoms with van der Waals surface area (Å²) < 4.78 is 2.18. The summed E-state index contributed by atoms with van der Waals surface area (Å²) in [6, 6.07) is 5.12. The van der Waals surface area contributed by atoms with E-state index in [0.29, 0.717) is 6.04 Å². The highest BCUT2D eigenvalue weighted by atomic mass is 15.4. The van der Waals surface area contributed by atoms with E-state index in [-0.39, 0.29) is 0 Å². The Balaban J connectivity index is 1.19.